The molecule has 0 N–H and O–H groups in total. The number of ether oxygens (including phenoxy) is 2. The number of hydrogen-bond acceptors (Lipinski definition) is 3. The summed E-state index contributed by atoms with van der Waals surface area (Å²) in [5.74, 6) is 2.20. The monoisotopic (exact) mass is 506 g/mol. The minimum absolute atomic E-state index is 0.220. The van der Waals surface area contributed by atoms with Gasteiger partial charge >= 0.3 is 182 Å². The topological polar surface area (TPSA) is 35.5 Å². The number of aryl methyl sites for hydroxylation is 1. The number of fused-ring (bicyclic) bond motifs is 3. The van der Waals surface area contributed by atoms with Crippen LogP contribution in [-0.2, 0) is 11.2 Å². The first kappa shape index (κ1) is 22.7. The standard InChI is InChI=1S/C22H29O3.3CH3.Sn/c1-5-6-7-10-16-13-19(24-15(2)23)21-17-11-8-9-12-18(17)22(3,4)25-20(21)14-16;;;;/h9,13-14,17-18H,5-7,10-12H2,1-4H3;3*1H3;/t17-,18-;;;;/m1..../s1. The van der Waals surface area contributed by atoms with Gasteiger partial charge < -0.3 is 0 Å². The summed E-state index contributed by atoms with van der Waals surface area (Å²) >= 11 is -2.15. The molecule has 0 bridgehead atoms. The molecule has 1 aromatic carbocycles. The predicted octanol–water partition coefficient (Wildman–Crippen LogP) is 6.81. The Hall–Kier alpha value is -0.971. The average molecular weight is 505 g/mol. The van der Waals surface area contributed by atoms with Crippen molar-refractivity contribution in [1.29, 1.82) is 0 Å². The summed E-state index contributed by atoms with van der Waals surface area (Å²) in [5, 5.41) is 0. The van der Waals surface area contributed by atoms with Gasteiger partial charge in [-0.15, -0.1) is 0 Å². The molecule has 29 heavy (non-hydrogen) atoms. The molecule has 0 radical (unpaired) electrons. The number of unbranched alkanes of at least 4 members (excludes halogenated alkanes) is 2. The predicted molar refractivity (Wildman–Crippen MR) is 123 cm³/mol. The van der Waals surface area contributed by atoms with Crippen LogP contribution in [-0.4, -0.2) is 29.9 Å². The molecule has 3 rings (SSSR count). The maximum atomic E-state index is 11.9. The van der Waals surface area contributed by atoms with Gasteiger partial charge in [-0.05, 0) is 0 Å². The zero-order valence-electron chi connectivity index (χ0n) is 19.4. The van der Waals surface area contributed by atoms with E-state index in [0.29, 0.717) is 11.8 Å². The molecule has 1 aliphatic carbocycles. The molecule has 0 aromatic heterocycles. The number of carbonyl (C=O) groups excluding carboxylic acids is 1. The van der Waals surface area contributed by atoms with Crippen molar-refractivity contribution < 1.29 is 14.3 Å². The molecule has 0 fully saturated rings. The number of esters is 1. The van der Waals surface area contributed by atoms with Gasteiger partial charge in [-0.25, -0.2) is 0 Å². The van der Waals surface area contributed by atoms with Crippen LogP contribution in [0.2, 0.25) is 14.8 Å². The summed E-state index contributed by atoms with van der Waals surface area (Å²) in [6.45, 7) is 8.17. The SMILES string of the molecule is CCCCCc1cc(OC(C)=O)c2c(c1)OC(C)(C)[C@@H]1CC=[C]([Sn]([CH3])([CH3])[CH3])C[C@@H]21. The summed E-state index contributed by atoms with van der Waals surface area (Å²) in [6.07, 6.45) is 9.21. The van der Waals surface area contributed by atoms with Crippen LogP contribution in [0.5, 0.6) is 11.5 Å². The summed E-state index contributed by atoms with van der Waals surface area (Å²) < 4.78 is 14.1. The number of hydrogen-bond donors (Lipinski definition) is 0. The van der Waals surface area contributed by atoms with Gasteiger partial charge in [-0.1, -0.05) is 0 Å². The number of rotatable bonds is 6. The van der Waals surface area contributed by atoms with E-state index in [9.17, 15) is 4.79 Å². The summed E-state index contributed by atoms with van der Waals surface area (Å²) in [6, 6.07) is 4.32. The minimum atomic E-state index is -2.15. The molecule has 1 aromatic rings. The van der Waals surface area contributed by atoms with Gasteiger partial charge in [-0.3, -0.25) is 0 Å². The second kappa shape index (κ2) is 8.64. The van der Waals surface area contributed by atoms with Gasteiger partial charge in [0.25, 0.3) is 0 Å². The fourth-order valence-electron chi connectivity index (χ4n) is 5.01. The Morgan fingerprint density at radius 1 is 1.24 bits per heavy atom. The Balaban J connectivity index is 2.07. The van der Waals surface area contributed by atoms with Crippen LogP contribution in [0, 0.1) is 5.92 Å². The van der Waals surface area contributed by atoms with Gasteiger partial charge in [0.15, 0.2) is 0 Å². The van der Waals surface area contributed by atoms with Crippen LogP contribution in [0.25, 0.3) is 0 Å². The van der Waals surface area contributed by atoms with E-state index in [-0.39, 0.29) is 11.6 Å². The van der Waals surface area contributed by atoms with Crippen LogP contribution in [0.3, 0.4) is 0 Å². The fourth-order valence-corrected chi connectivity index (χ4v) is 9.47. The third kappa shape index (κ3) is 5.03. The van der Waals surface area contributed by atoms with Crippen molar-refractivity contribution in [1.82, 2.24) is 0 Å². The van der Waals surface area contributed by atoms with Gasteiger partial charge in [0.1, 0.15) is 0 Å². The van der Waals surface area contributed by atoms with Gasteiger partial charge in [0, 0.05) is 0 Å². The van der Waals surface area contributed by atoms with Crippen molar-refractivity contribution in [3.8, 4) is 11.5 Å². The molecule has 3 nitrogen and oxygen atoms in total. The molecule has 0 unspecified atom stereocenters. The first-order valence-electron chi connectivity index (χ1n) is 11.3. The second-order valence-corrected chi connectivity index (χ2v) is 25.1. The maximum absolute atomic E-state index is 11.9. The van der Waals surface area contributed by atoms with E-state index in [0.717, 1.165) is 42.7 Å². The van der Waals surface area contributed by atoms with Gasteiger partial charge in [-0.2, -0.15) is 0 Å². The molecule has 0 saturated carbocycles. The Bertz CT molecular complexity index is 801. The van der Waals surface area contributed by atoms with Crippen LogP contribution in [0.4, 0.5) is 0 Å². The average Bonchev–Trinajstić information content (AvgIpc) is 2.59. The van der Waals surface area contributed by atoms with Crippen molar-refractivity contribution >= 4 is 24.3 Å². The van der Waals surface area contributed by atoms with Crippen LogP contribution in [0.1, 0.15) is 76.8 Å². The Morgan fingerprint density at radius 3 is 2.59 bits per heavy atom. The molecule has 2 atom stereocenters. The van der Waals surface area contributed by atoms with Crippen molar-refractivity contribution in [2.24, 2.45) is 5.92 Å². The van der Waals surface area contributed by atoms with Crippen LogP contribution < -0.4 is 9.47 Å². The molecular formula is C25H38O3Sn. The number of benzene rings is 1. The summed E-state index contributed by atoms with van der Waals surface area (Å²) in [4.78, 5) is 19.4. The molecule has 160 valence electrons. The molecule has 2 aliphatic rings. The quantitative estimate of drug-likeness (QED) is 0.184. The second-order valence-electron chi connectivity index (χ2n) is 10.4. The fraction of sp³-hybridized carbons (Fsp3) is 0.640. The summed E-state index contributed by atoms with van der Waals surface area (Å²) in [5.41, 5.74) is 2.12. The van der Waals surface area contributed by atoms with E-state index in [1.165, 1.54) is 25.3 Å². The first-order valence-corrected chi connectivity index (χ1v) is 21.3. The third-order valence-corrected chi connectivity index (χ3v) is 13.3. The van der Waals surface area contributed by atoms with E-state index >= 15 is 0 Å². The Kier molecular flexibility index (Phi) is 6.77. The van der Waals surface area contributed by atoms with Crippen LogP contribution in [0.15, 0.2) is 21.8 Å². The van der Waals surface area contributed by atoms with Crippen molar-refractivity contribution in [2.45, 2.75) is 92.6 Å². The van der Waals surface area contributed by atoms with Crippen LogP contribution >= 0.6 is 0 Å². The normalized spacial score (nSPS) is 22.8. The molecule has 4 heteroatoms. The van der Waals surface area contributed by atoms with Crippen molar-refractivity contribution in [3.63, 3.8) is 0 Å². The number of carbonyl (C=O) groups is 1. The van der Waals surface area contributed by atoms with E-state index in [1.54, 1.807) is 3.59 Å². The van der Waals surface area contributed by atoms with E-state index in [1.807, 2.05) is 0 Å². The van der Waals surface area contributed by atoms with E-state index in [4.69, 9.17) is 9.47 Å². The van der Waals surface area contributed by atoms with Gasteiger partial charge in [0.05, 0.1) is 0 Å². The zero-order chi connectivity index (χ0) is 21.4. The molecule has 0 amide bonds. The molecule has 0 saturated heterocycles. The molecule has 0 spiro atoms. The Labute approximate surface area is 181 Å². The number of allylic oxidation sites excluding steroid dienone is 2. The van der Waals surface area contributed by atoms with Crippen molar-refractivity contribution in [2.75, 3.05) is 0 Å². The third-order valence-electron chi connectivity index (χ3n) is 6.63. The molecule has 1 heterocycles. The zero-order valence-corrected chi connectivity index (χ0v) is 22.2. The van der Waals surface area contributed by atoms with Crippen molar-refractivity contribution in [3.05, 3.63) is 32.9 Å². The Morgan fingerprint density at radius 2 is 1.97 bits per heavy atom. The first-order chi connectivity index (χ1) is 13.5. The van der Waals surface area contributed by atoms with Gasteiger partial charge in [0.2, 0.25) is 0 Å². The molecular weight excluding hydrogens is 467 g/mol. The molecule has 1 aliphatic heterocycles. The van der Waals surface area contributed by atoms with E-state index < -0.39 is 18.4 Å². The summed E-state index contributed by atoms with van der Waals surface area (Å²) in [7, 11) is 0. The van der Waals surface area contributed by atoms with E-state index in [2.05, 4.69) is 53.8 Å².